The molecule has 0 bridgehead atoms. The van der Waals surface area contributed by atoms with Crippen molar-refractivity contribution >= 4 is 24.2 Å². The fourth-order valence-corrected chi connectivity index (χ4v) is 1.84. The van der Waals surface area contributed by atoms with E-state index in [0.29, 0.717) is 29.8 Å². The Bertz CT molecular complexity index is 451. The van der Waals surface area contributed by atoms with Crippen molar-refractivity contribution in [3.63, 3.8) is 0 Å². The van der Waals surface area contributed by atoms with Crippen LogP contribution in [0.15, 0.2) is 23.4 Å². The average molecular weight is 315 g/mol. The Morgan fingerprint density at radius 2 is 2.11 bits per heavy atom. The zero-order valence-corrected chi connectivity index (χ0v) is 11.3. The Balaban J connectivity index is 0.00000324. The number of alkyl halides is 3. The van der Waals surface area contributed by atoms with E-state index in [1.54, 1.807) is 0 Å². The van der Waals surface area contributed by atoms with Crippen LogP contribution >= 0.6 is 24.2 Å². The molecule has 0 amide bonds. The predicted octanol–water partition coefficient (Wildman–Crippen LogP) is 2.20. The maximum absolute atomic E-state index is 12.3. The molecule has 0 aliphatic rings. The van der Waals surface area contributed by atoms with Gasteiger partial charge in [-0.1, -0.05) is 0 Å². The van der Waals surface area contributed by atoms with Gasteiger partial charge in [0.15, 0.2) is 0 Å². The van der Waals surface area contributed by atoms with E-state index in [1.807, 2.05) is 6.07 Å². The molecule has 1 heterocycles. The van der Waals surface area contributed by atoms with Crippen molar-refractivity contribution in [2.75, 3.05) is 12.4 Å². The molecule has 0 atom stereocenters. The van der Waals surface area contributed by atoms with Crippen LogP contribution in [0.5, 0.6) is 0 Å². The molecule has 0 radical (unpaired) electrons. The molecule has 9 heteroatoms. The minimum absolute atomic E-state index is 0. The lowest BCUT2D eigenvalue weighted by molar-refractivity contribution is -0.932. The summed E-state index contributed by atoms with van der Waals surface area (Å²) < 4.78 is 37.4. The third-order valence-electron chi connectivity index (χ3n) is 1.96. The first-order valence-electron chi connectivity index (χ1n) is 4.98. The van der Waals surface area contributed by atoms with Gasteiger partial charge in [0.2, 0.25) is 6.20 Å². The van der Waals surface area contributed by atoms with E-state index in [-0.39, 0.29) is 17.4 Å². The second-order valence-electron chi connectivity index (χ2n) is 3.30. The summed E-state index contributed by atoms with van der Waals surface area (Å²) in [6.45, 7) is 0.496. The van der Waals surface area contributed by atoms with Gasteiger partial charge in [-0.2, -0.15) is 18.4 Å². The maximum Gasteiger partial charge on any atom is 0.422 e. The molecule has 0 unspecified atom stereocenters. The zero-order valence-electron chi connectivity index (χ0n) is 9.65. The lowest BCUT2D eigenvalue weighted by atomic mass is 10.3. The van der Waals surface area contributed by atoms with Crippen LogP contribution in [0, 0.1) is 11.3 Å². The Labute approximate surface area is 118 Å². The number of hydrogen-bond donors (Lipinski definition) is 2. The maximum atomic E-state index is 12.3. The summed E-state index contributed by atoms with van der Waals surface area (Å²) >= 11 is 1.14. The van der Waals surface area contributed by atoms with Gasteiger partial charge in [0, 0.05) is 23.8 Å². The molecule has 0 aromatic carbocycles. The molecule has 0 saturated carbocycles. The van der Waals surface area contributed by atoms with Gasteiger partial charge < -0.3 is 5.32 Å². The monoisotopic (exact) mass is 314 g/mol. The van der Waals surface area contributed by atoms with E-state index in [0.717, 1.165) is 17.8 Å². The van der Waals surface area contributed by atoms with Crippen LogP contribution in [0.2, 0.25) is 0 Å². The van der Waals surface area contributed by atoms with Crippen molar-refractivity contribution in [3.05, 3.63) is 23.9 Å². The Morgan fingerprint density at radius 3 is 2.63 bits per heavy atom. The van der Waals surface area contributed by atoms with Crippen LogP contribution in [-0.2, 0) is 6.18 Å². The molecule has 0 spiro atoms. The van der Waals surface area contributed by atoms with Crippen molar-refractivity contribution < 1.29 is 23.1 Å². The van der Waals surface area contributed by atoms with Gasteiger partial charge in [0.25, 0.3) is 5.03 Å². The summed E-state index contributed by atoms with van der Waals surface area (Å²) in [6.07, 6.45) is -3.50. The van der Waals surface area contributed by atoms with Crippen LogP contribution in [0.1, 0.15) is 12.0 Å². The standard InChI is InChI=1S/C10H11F3N3OS.ClH/c11-10(12,13)8-2-3-9(16(17)6-8)18-7-15-5-1-4-14;/h2-3,6,15,17H,1,5,7H2;1H/q+1;. The molecule has 0 aliphatic heterocycles. The third-order valence-corrected chi connectivity index (χ3v) is 2.92. The average Bonchev–Trinajstić information content (AvgIpc) is 2.29. The van der Waals surface area contributed by atoms with Crippen molar-refractivity contribution in [1.82, 2.24) is 5.32 Å². The molecule has 1 aromatic heterocycles. The van der Waals surface area contributed by atoms with E-state index in [9.17, 15) is 18.4 Å². The van der Waals surface area contributed by atoms with Gasteiger partial charge in [-0.3, -0.25) is 5.21 Å². The number of halogens is 4. The van der Waals surface area contributed by atoms with E-state index >= 15 is 0 Å². The highest BCUT2D eigenvalue weighted by molar-refractivity contribution is 7.99. The summed E-state index contributed by atoms with van der Waals surface area (Å²) in [5.41, 5.74) is -0.910. The summed E-state index contributed by atoms with van der Waals surface area (Å²) in [7, 11) is 0. The quantitative estimate of drug-likeness (QED) is 0.288. The van der Waals surface area contributed by atoms with E-state index in [1.165, 1.54) is 6.07 Å². The van der Waals surface area contributed by atoms with E-state index in [2.05, 4.69) is 5.32 Å². The topological polar surface area (TPSA) is 59.9 Å². The molecule has 0 fully saturated rings. The Kier molecular flexibility index (Phi) is 7.59. The number of rotatable bonds is 5. The lowest BCUT2D eigenvalue weighted by Gasteiger charge is -2.04. The molecule has 1 rings (SSSR count). The fourth-order valence-electron chi connectivity index (χ4n) is 1.10. The van der Waals surface area contributed by atoms with E-state index in [4.69, 9.17) is 5.26 Å². The number of aromatic nitrogens is 1. The molecule has 0 aliphatic carbocycles. The summed E-state index contributed by atoms with van der Waals surface area (Å²) in [6, 6.07) is 4.05. The second-order valence-corrected chi connectivity index (χ2v) is 4.29. The molecule has 1 aromatic rings. The number of pyridine rings is 1. The molecule has 4 nitrogen and oxygen atoms in total. The number of thioether (sulfide) groups is 1. The molecule has 19 heavy (non-hydrogen) atoms. The molecular weight excluding hydrogens is 303 g/mol. The number of nitrogens with one attached hydrogen (secondary N) is 1. The van der Waals surface area contributed by atoms with Gasteiger partial charge in [-0.05, 0) is 17.8 Å². The van der Waals surface area contributed by atoms with Crippen LogP contribution < -0.4 is 10.0 Å². The van der Waals surface area contributed by atoms with Crippen LogP contribution in [0.4, 0.5) is 13.2 Å². The molecule has 0 saturated heterocycles. The van der Waals surface area contributed by atoms with Crippen LogP contribution in [0.25, 0.3) is 0 Å². The zero-order chi connectivity index (χ0) is 13.6. The first-order valence-corrected chi connectivity index (χ1v) is 5.96. The first-order chi connectivity index (χ1) is 8.45. The van der Waals surface area contributed by atoms with Crippen molar-refractivity contribution in [2.24, 2.45) is 0 Å². The molecular formula is C10H12ClF3N3OS+. The summed E-state index contributed by atoms with van der Waals surface area (Å²) in [5, 5.41) is 20.8. The smallest absolute Gasteiger partial charge is 0.306 e. The normalized spacial score (nSPS) is 10.6. The molecule has 2 N–H and O–H groups in total. The Morgan fingerprint density at radius 1 is 1.42 bits per heavy atom. The Hall–Kier alpha value is -1.17. The van der Waals surface area contributed by atoms with Crippen molar-refractivity contribution in [2.45, 2.75) is 17.6 Å². The highest BCUT2D eigenvalue weighted by Crippen LogP contribution is 2.28. The predicted molar refractivity (Wildman–Crippen MR) is 65.0 cm³/mol. The second kappa shape index (κ2) is 8.09. The largest absolute Gasteiger partial charge is 0.422 e. The third kappa shape index (κ3) is 6.00. The fraction of sp³-hybridized carbons (Fsp3) is 0.400. The lowest BCUT2D eigenvalue weighted by Crippen LogP contribution is -2.34. The minimum atomic E-state index is -4.47. The van der Waals surface area contributed by atoms with Crippen molar-refractivity contribution in [3.8, 4) is 6.07 Å². The highest BCUT2D eigenvalue weighted by atomic mass is 35.5. The first kappa shape index (κ1) is 17.8. The van der Waals surface area contributed by atoms with Gasteiger partial charge >= 0.3 is 6.18 Å². The van der Waals surface area contributed by atoms with Crippen LogP contribution in [0.3, 0.4) is 0 Å². The number of nitrogens with zero attached hydrogens (tertiary/aromatic N) is 2. The van der Waals surface area contributed by atoms with E-state index < -0.39 is 11.7 Å². The van der Waals surface area contributed by atoms with Crippen molar-refractivity contribution in [1.29, 1.82) is 5.26 Å². The van der Waals surface area contributed by atoms with Gasteiger partial charge in [-0.25, -0.2) is 0 Å². The number of hydrogen-bond acceptors (Lipinski definition) is 4. The van der Waals surface area contributed by atoms with Gasteiger partial charge in [-0.15, -0.1) is 12.4 Å². The highest BCUT2D eigenvalue weighted by Gasteiger charge is 2.34. The molecule has 106 valence electrons. The number of nitriles is 1. The minimum Gasteiger partial charge on any atom is -0.306 e. The summed E-state index contributed by atoms with van der Waals surface area (Å²) in [4.78, 5) is 0. The summed E-state index contributed by atoms with van der Waals surface area (Å²) in [5.74, 6) is 0.396. The van der Waals surface area contributed by atoms with Crippen LogP contribution in [-0.4, -0.2) is 17.6 Å². The van der Waals surface area contributed by atoms with Gasteiger partial charge in [0.1, 0.15) is 5.56 Å². The van der Waals surface area contributed by atoms with Gasteiger partial charge in [0.05, 0.1) is 11.9 Å². The SMILES string of the molecule is Cl.N#CCCNCSc1ccc(C(F)(F)F)c[n+]1O.